The Morgan fingerprint density at radius 1 is 1.17 bits per heavy atom. The monoisotopic (exact) mass is 422 g/mol. The van der Waals surface area contributed by atoms with E-state index >= 15 is 0 Å². The lowest BCUT2D eigenvalue weighted by Gasteiger charge is -2.45. The van der Waals surface area contributed by atoms with Crippen LogP contribution in [0.25, 0.3) is 10.9 Å². The lowest BCUT2D eigenvalue weighted by atomic mass is 9.70. The molecule has 0 amide bonds. The van der Waals surface area contributed by atoms with E-state index in [1.165, 1.54) is 25.1 Å². The number of alkyl halides is 3. The standard InChI is InChI=1S/C21H18F4N2O3/c1-10-9-20(30,21(23,24)25)19(12-5-7-13(22)18(29)17(10)12)27-15-4-2-3-14-11(15)6-8-16(28)26-14/h2-8,10,19,27,29-30H,9H2,1H3,(H,26,28)/t10-,19+,20-/m1/s1. The van der Waals surface area contributed by atoms with Gasteiger partial charge in [-0.3, -0.25) is 4.79 Å². The maximum absolute atomic E-state index is 14.0. The van der Waals surface area contributed by atoms with Crippen LogP contribution in [0.5, 0.6) is 5.75 Å². The maximum Gasteiger partial charge on any atom is 0.419 e. The predicted molar refractivity (Wildman–Crippen MR) is 103 cm³/mol. The molecule has 0 bridgehead atoms. The highest BCUT2D eigenvalue weighted by molar-refractivity contribution is 5.91. The normalized spacial score (nSPS) is 23.9. The summed E-state index contributed by atoms with van der Waals surface area (Å²) in [6, 6.07) is 7.64. The number of nitrogens with one attached hydrogen (secondary N) is 2. The average molecular weight is 422 g/mol. The summed E-state index contributed by atoms with van der Waals surface area (Å²) in [7, 11) is 0. The van der Waals surface area contributed by atoms with Crippen molar-refractivity contribution in [1.29, 1.82) is 0 Å². The maximum atomic E-state index is 14.0. The molecule has 0 spiro atoms. The zero-order chi connectivity index (χ0) is 21.8. The summed E-state index contributed by atoms with van der Waals surface area (Å²) in [4.78, 5) is 14.2. The molecule has 4 rings (SSSR count). The Hall–Kier alpha value is -3.07. The van der Waals surface area contributed by atoms with Crippen LogP contribution >= 0.6 is 0 Å². The molecule has 1 heterocycles. The molecule has 0 saturated carbocycles. The highest BCUT2D eigenvalue weighted by Crippen LogP contribution is 2.54. The zero-order valence-corrected chi connectivity index (χ0v) is 15.7. The number of benzene rings is 2. The first kappa shape index (κ1) is 20.2. The van der Waals surface area contributed by atoms with E-state index in [4.69, 9.17) is 0 Å². The molecule has 1 aliphatic rings. The van der Waals surface area contributed by atoms with Crippen molar-refractivity contribution in [1.82, 2.24) is 4.98 Å². The molecule has 3 aromatic rings. The van der Waals surface area contributed by atoms with Crippen molar-refractivity contribution in [2.45, 2.75) is 37.1 Å². The van der Waals surface area contributed by atoms with Crippen LogP contribution in [0.4, 0.5) is 23.2 Å². The summed E-state index contributed by atoms with van der Waals surface area (Å²) in [5.74, 6) is -2.61. The fraction of sp³-hybridized carbons (Fsp3) is 0.286. The summed E-state index contributed by atoms with van der Waals surface area (Å²) in [6.07, 6.45) is -5.76. The third-order valence-electron chi connectivity index (χ3n) is 5.66. The number of phenolic OH excluding ortho intramolecular Hbond substituents is 1. The molecule has 5 nitrogen and oxygen atoms in total. The van der Waals surface area contributed by atoms with E-state index < -0.39 is 41.7 Å². The van der Waals surface area contributed by atoms with E-state index in [-0.39, 0.29) is 22.4 Å². The highest BCUT2D eigenvalue weighted by atomic mass is 19.4. The van der Waals surface area contributed by atoms with Crippen molar-refractivity contribution in [3.05, 3.63) is 69.8 Å². The molecule has 1 aliphatic carbocycles. The number of aromatic hydroxyl groups is 1. The predicted octanol–water partition coefficient (Wildman–Crippen LogP) is 4.33. The van der Waals surface area contributed by atoms with E-state index in [0.29, 0.717) is 10.9 Å². The van der Waals surface area contributed by atoms with Crippen molar-refractivity contribution in [3.8, 4) is 5.75 Å². The molecular formula is C21H18F4N2O3. The molecule has 9 heteroatoms. The number of aromatic amines is 1. The van der Waals surface area contributed by atoms with Crippen LogP contribution in [-0.4, -0.2) is 27.0 Å². The van der Waals surface area contributed by atoms with Gasteiger partial charge in [0, 0.05) is 22.7 Å². The Morgan fingerprint density at radius 3 is 2.60 bits per heavy atom. The van der Waals surface area contributed by atoms with Crippen molar-refractivity contribution in [2.75, 3.05) is 5.32 Å². The number of hydrogen-bond acceptors (Lipinski definition) is 4. The summed E-state index contributed by atoms with van der Waals surface area (Å²) in [6.45, 7) is 1.40. The molecule has 4 N–H and O–H groups in total. The third kappa shape index (κ3) is 3.00. The number of aromatic nitrogens is 1. The van der Waals surface area contributed by atoms with E-state index in [1.54, 1.807) is 12.1 Å². The molecule has 1 aromatic heterocycles. The van der Waals surface area contributed by atoms with Gasteiger partial charge in [0.1, 0.15) is 0 Å². The quantitative estimate of drug-likeness (QED) is 0.463. The summed E-state index contributed by atoms with van der Waals surface area (Å²) < 4.78 is 56.0. The number of H-pyrrole nitrogens is 1. The fourth-order valence-electron chi connectivity index (χ4n) is 4.26. The zero-order valence-electron chi connectivity index (χ0n) is 15.7. The molecule has 30 heavy (non-hydrogen) atoms. The average Bonchev–Trinajstić information content (AvgIpc) is 2.66. The number of phenols is 1. The third-order valence-corrected chi connectivity index (χ3v) is 5.66. The molecule has 3 atom stereocenters. The van der Waals surface area contributed by atoms with Crippen molar-refractivity contribution < 1.29 is 27.8 Å². The first-order valence-electron chi connectivity index (χ1n) is 9.22. The van der Waals surface area contributed by atoms with Crippen LogP contribution in [0, 0.1) is 5.82 Å². The van der Waals surface area contributed by atoms with Gasteiger partial charge in [0.05, 0.1) is 11.6 Å². The Bertz CT molecular complexity index is 1190. The Kier molecular flexibility index (Phi) is 4.54. The van der Waals surface area contributed by atoms with Gasteiger partial charge in [0.15, 0.2) is 17.2 Å². The van der Waals surface area contributed by atoms with Crippen LogP contribution in [-0.2, 0) is 0 Å². The van der Waals surface area contributed by atoms with Gasteiger partial charge in [-0.25, -0.2) is 4.39 Å². The van der Waals surface area contributed by atoms with Crippen molar-refractivity contribution >= 4 is 16.6 Å². The summed E-state index contributed by atoms with van der Waals surface area (Å²) in [5, 5.41) is 24.1. The minimum atomic E-state index is -5.00. The van der Waals surface area contributed by atoms with Gasteiger partial charge in [-0.1, -0.05) is 19.1 Å². The van der Waals surface area contributed by atoms with Gasteiger partial charge in [0.2, 0.25) is 5.56 Å². The molecule has 2 aromatic carbocycles. The van der Waals surface area contributed by atoms with Gasteiger partial charge in [-0.2, -0.15) is 13.2 Å². The SMILES string of the molecule is C[C@@H]1C[C@](O)(C(F)(F)F)[C@@H](Nc2cccc3[nH]c(=O)ccc23)c2ccc(F)c(O)c21. The second-order valence-electron chi connectivity index (χ2n) is 7.59. The number of anilines is 1. The van der Waals surface area contributed by atoms with Crippen molar-refractivity contribution in [3.63, 3.8) is 0 Å². The van der Waals surface area contributed by atoms with Gasteiger partial charge in [-0.05, 0) is 42.2 Å². The number of pyridine rings is 1. The van der Waals surface area contributed by atoms with Crippen LogP contribution in [0.2, 0.25) is 0 Å². The molecule has 0 radical (unpaired) electrons. The van der Waals surface area contributed by atoms with Crippen molar-refractivity contribution in [2.24, 2.45) is 0 Å². The second-order valence-corrected chi connectivity index (χ2v) is 7.59. The molecule has 0 saturated heterocycles. The number of fused-ring (bicyclic) bond motifs is 2. The minimum absolute atomic E-state index is 0.0232. The van der Waals surface area contributed by atoms with Gasteiger partial charge in [0.25, 0.3) is 0 Å². The van der Waals surface area contributed by atoms with E-state index in [2.05, 4.69) is 10.3 Å². The highest BCUT2D eigenvalue weighted by Gasteiger charge is 2.62. The van der Waals surface area contributed by atoms with Gasteiger partial charge in [-0.15, -0.1) is 0 Å². The Balaban J connectivity index is 1.93. The smallest absolute Gasteiger partial charge is 0.419 e. The Labute approximate surface area is 168 Å². The lowest BCUT2D eigenvalue weighted by molar-refractivity contribution is -0.272. The van der Waals surface area contributed by atoms with Gasteiger partial charge < -0.3 is 20.5 Å². The largest absolute Gasteiger partial charge is 0.505 e. The first-order valence-corrected chi connectivity index (χ1v) is 9.22. The van der Waals surface area contributed by atoms with Crippen LogP contribution < -0.4 is 10.9 Å². The molecule has 0 aliphatic heterocycles. The second kappa shape index (κ2) is 6.73. The number of aliphatic hydroxyl groups is 1. The van der Waals surface area contributed by atoms with Crippen LogP contribution in [0.3, 0.4) is 0 Å². The fourth-order valence-corrected chi connectivity index (χ4v) is 4.26. The first-order chi connectivity index (χ1) is 14.0. The minimum Gasteiger partial charge on any atom is -0.505 e. The molecule has 158 valence electrons. The summed E-state index contributed by atoms with van der Waals surface area (Å²) >= 11 is 0. The van der Waals surface area contributed by atoms with Crippen LogP contribution in [0.15, 0.2) is 47.3 Å². The van der Waals surface area contributed by atoms with E-state index in [9.17, 15) is 32.6 Å². The number of hydrogen-bond donors (Lipinski definition) is 4. The molecule has 0 fully saturated rings. The van der Waals surface area contributed by atoms with Gasteiger partial charge >= 0.3 is 6.18 Å². The lowest BCUT2D eigenvalue weighted by Crippen LogP contribution is -2.55. The number of halogens is 4. The number of rotatable bonds is 2. The van der Waals surface area contributed by atoms with E-state index in [1.807, 2.05) is 0 Å². The van der Waals surface area contributed by atoms with E-state index in [0.717, 1.165) is 12.1 Å². The van der Waals surface area contributed by atoms with Crippen LogP contribution in [0.1, 0.15) is 36.4 Å². The molecular weight excluding hydrogens is 404 g/mol. The molecule has 0 unspecified atom stereocenters. The summed E-state index contributed by atoms with van der Waals surface area (Å²) in [5.41, 5.74) is -2.93. The Morgan fingerprint density at radius 2 is 1.90 bits per heavy atom. The topological polar surface area (TPSA) is 85.4 Å².